The van der Waals surface area contributed by atoms with Crippen molar-refractivity contribution < 1.29 is 13.3 Å². The van der Waals surface area contributed by atoms with E-state index in [1.165, 1.54) is 18.6 Å². The molecule has 2 saturated carbocycles. The number of hydrogen-bond acceptors (Lipinski definition) is 7. The van der Waals surface area contributed by atoms with Crippen molar-refractivity contribution in [1.29, 1.82) is 0 Å². The third-order valence-electron chi connectivity index (χ3n) is 6.97. The maximum atomic E-state index is 14.6. The molecule has 2 fully saturated rings. The Kier molecular flexibility index (Phi) is 5.07. The van der Waals surface area contributed by atoms with Gasteiger partial charge in [0.25, 0.3) is 0 Å². The van der Waals surface area contributed by atoms with E-state index in [2.05, 4.69) is 25.9 Å². The third kappa shape index (κ3) is 3.37. The Morgan fingerprint density at radius 1 is 1.24 bits per heavy atom. The Balaban J connectivity index is 1.46. The molecular weight excluding hydrogens is 457 g/mol. The van der Waals surface area contributed by atoms with Gasteiger partial charge in [-0.25, -0.2) is 23.7 Å². The minimum atomic E-state index is -1.75. The fourth-order valence-corrected chi connectivity index (χ4v) is 5.62. The monoisotopic (exact) mass is 483 g/mol. The Hall–Kier alpha value is -3.05. The van der Waals surface area contributed by atoms with Gasteiger partial charge in [0.05, 0.1) is 23.7 Å². The van der Waals surface area contributed by atoms with Crippen molar-refractivity contribution in [3.63, 3.8) is 0 Å². The van der Waals surface area contributed by atoms with Gasteiger partial charge >= 0.3 is 0 Å². The molecule has 6 rings (SSSR count). The highest BCUT2D eigenvalue weighted by atomic mass is 32.2. The number of benzene rings is 1. The van der Waals surface area contributed by atoms with Crippen LogP contribution in [0.3, 0.4) is 0 Å². The van der Waals surface area contributed by atoms with Crippen LogP contribution in [0.15, 0.2) is 40.5 Å². The average Bonchev–Trinajstić information content (AvgIpc) is 3.61. The van der Waals surface area contributed by atoms with Gasteiger partial charge in [0, 0.05) is 11.6 Å². The predicted octanol–water partition coefficient (Wildman–Crippen LogP) is 3.90. The van der Waals surface area contributed by atoms with E-state index in [-0.39, 0.29) is 22.1 Å². The molecule has 34 heavy (non-hydrogen) atoms. The topological polar surface area (TPSA) is 111 Å². The normalized spacial score (nSPS) is 20.2. The van der Waals surface area contributed by atoms with Crippen molar-refractivity contribution in [1.82, 2.24) is 14.5 Å². The summed E-state index contributed by atoms with van der Waals surface area (Å²) in [6, 6.07) is 6.62. The molecule has 1 aliphatic heterocycles. The number of aromatic nitrogens is 3. The van der Waals surface area contributed by atoms with Gasteiger partial charge in [-0.15, -0.1) is 5.10 Å². The maximum Gasteiger partial charge on any atom is 0.232 e. The molecule has 1 spiro atoms. The van der Waals surface area contributed by atoms with Gasteiger partial charge in [0.2, 0.25) is 11.8 Å². The van der Waals surface area contributed by atoms with Crippen LogP contribution in [0.25, 0.3) is 11.0 Å². The van der Waals surface area contributed by atoms with E-state index in [0.717, 1.165) is 67.3 Å². The second-order valence-corrected chi connectivity index (χ2v) is 10.2. The van der Waals surface area contributed by atoms with Gasteiger partial charge in [0.15, 0.2) is 0 Å². The lowest BCUT2D eigenvalue weighted by atomic mass is 9.80. The zero-order valence-electron chi connectivity index (χ0n) is 18.8. The highest BCUT2D eigenvalue weighted by Gasteiger charge is 2.49. The molecule has 1 unspecified atom stereocenters. The molecule has 1 aromatic carbocycles. The number of nitrogens with one attached hydrogen (secondary N) is 1. The van der Waals surface area contributed by atoms with E-state index < -0.39 is 16.8 Å². The van der Waals surface area contributed by atoms with Gasteiger partial charge in [-0.3, -0.25) is 4.57 Å². The predicted molar refractivity (Wildman–Crippen MR) is 129 cm³/mol. The molecule has 2 aliphatic carbocycles. The van der Waals surface area contributed by atoms with E-state index in [0.29, 0.717) is 6.04 Å². The van der Waals surface area contributed by atoms with Crippen molar-refractivity contribution in [2.45, 2.75) is 61.4 Å². The molecule has 0 saturated heterocycles. The third-order valence-corrected chi connectivity index (χ3v) is 7.69. The average molecular weight is 484 g/mol. The molecule has 3 aromatic rings. The van der Waals surface area contributed by atoms with E-state index in [4.69, 9.17) is 20.0 Å². The Morgan fingerprint density at radius 2 is 2.03 bits per heavy atom. The van der Waals surface area contributed by atoms with Gasteiger partial charge in [0.1, 0.15) is 33.8 Å². The van der Waals surface area contributed by atoms with Gasteiger partial charge in [-0.2, -0.15) is 4.98 Å². The van der Waals surface area contributed by atoms with Gasteiger partial charge in [-0.1, -0.05) is 19.3 Å². The van der Waals surface area contributed by atoms with Crippen LogP contribution < -0.4 is 15.5 Å². The minimum Gasteiger partial charge on any atom is -0.481 e. The standard InChI is InChI=1S/C23H26FN7O2S/c1-33-21-23(9-3-2-4-10-23)30-19(31(29-21)15-5-6-15)11-14-13-26-22(28-20(14)30)27-18-8-7-16(34(25)32)12-17(18)24/h7-8,11-13,15H,2-6,9-10,25H2,1H3,(H,26,27,28). The van der Waals surface area contributed by atoms with E-state index in [1.54, 1.807) is 13.3 Å². The first-order chi connectivity index (χ1) is 16.5. The SMILES string of the molecule is COC1=NN(C2CC2)c2cc3cnc(Nc4ccc(S(N)=O)cc4F)nc3n2C12CCCCC2. The fourth-order valence-electron chi connectivity index (χ4n) is 5.20. The summed E-state index contributed by atoms with van der Waals surface area (Å²) in [4.78, 5) is 9.47. The summed E-state index contributed by atoms with van der Waals surface area (Å²) in [5.74, 6) is 1.44. The molecule has 2 aromatic heterocycles. The molecule has 0 amide bonds. The molecular formula is C23H26FN7O2S. The number of rotatable bonds is 4. The van der Waals surface area contributed by atoms with Crippen molar-refractivity contribution in [2.24, 2.45) is 10.2 Å². The summed E-state index contributed by atoms with van der Waals surface area (Å²) in [6.07, 6.45) is 9.15. The van der Waals surface area contributed by atoms with Crippen molar-refractivity contribution >= 4 is 45.4 Å². The number of halogens is 1. The van der Waals surface area contributed by atoms with Gasteiger partial charge < -0.3 is 10.1 Å². The lowest BCUT2D eigenvalue weighted by molar-refractivity contribution is 0.220. The van der Waals surface area contributed by atoms with Crippen LogP contribution >= 0.6 is 0 Å². The maximum absolute atomic E-state index is 14.6. The first-order valence-electron chi connectivity index (χ1n) is 11.5. The molecule has 178 valence electrons. The highest BCUT2D eigenvalue weighted by Crippen LogP contribution is 2.47. The Morgan fingerprint density at radius 3 is 2.71 bits per heavy atom. The van der Waals surface area contributed by atoms with Crippen LogP contribution in [0.5, 0.6) is 0 Å². The Bertz CT molecular complexity index is 1330. The quantitative estimate of drug-likeness (QED) is 0.582. The molecule has 11 heteroatoms. The number of nitrogens with two attached hydrogens (primary N) is 1. The molecule has 0 radical (unpaired) electrons. The van der Waals surface area contributed by atoms with Crippen LogP contribution in [-0.2, 0) is 21.3 Å². The molecule has 3 N–H and O–H groups in total. The summed E-state index contributed by atoms with van der Waals surface area (Å²) in [5.41, 5.74) is 0.564. The Labute approximate surface area is 198 Å². The lowest BCUT2D eigenvalue weighted by Crippen LogP contribution is -2.50. The second-order valence-electron chi connectivity index (χ2n) is 9.15. The second kappa shape index (κ2) is 8.02. The molecule has 3 heterocycles. The summed E-state index contributed by atoms with van der Waals surface area (Å²) >= 11 is 0. The first kappa shape index (κ1) is 21.5. The number of anilines is 3. The summed E-state index contributed by atoms with van der Waals surface area (Å²) in [5, 5.41) is 16.3. The summed E-state index contributed by atoms with van der Waals surface area (Å²) in [6.45, 7) is 0. The number of hydrogen-bond donors (Lipinski definition) is 2. The lowest BCUT2D eigenvalue weighted by Gasteiger charge is -2.44. The van der Waals surface area contributed by atoms with Crippen molar-refractivity contribution in [3.05, 3.63) is 36.3 Å². The summed E-state index contributed by atoms with van der Waals surface area (Å²) < 4.78 is 34.2. The largest absolute Gasteiger partial charge is 0.481 e. The van der Waals surface area contributed by atoms with Crippen LogP contribution in [0.4, 0.5) is 21.8 Å². The van der Waals surface area contributed by atoms with Crippen LogP contribution in [-0.4, -0.2) is 37.8 Å². The number of methoxy groups -OCH3 is 1. The fraction of sp³-hybridized carbons (Fsp3) is 0.435. The molecule has 0 bridgehead atoms. The first-order valence-corrected chi connectivity index (χ1v) is 12.8. The zero-order chi connectivity index (χ0) is 23.4. The highest BCUT2D eigenvalue weighted by molar-refractivity contribution is 7.82. The molecule has 1 atom stereocenters. The number of nitrogens with zero attached hydrogens (tertiary/aromatic N) is 5. The molecule has 3 aliphatic rings. The van der Waals surface area contributed by atoms with Gasteiger partial charge in [-0.05, 0) is 49.9 Å². The van der Waals surface area contributed by atoms with Crippen LogP contribution in [0.2, 0.25) is 0 Å². The van der Waals surface area contributed by atoms with E-state index in [1.807, 2.05) is 0 Å². The molecule has 9 nitrogen and oxygen atoms in total. The van der Waals surface area contributed by atoms with E-state index in [9.17, 15) is 8.60 Å². The smallest absolute Gasteiger partial charge is 0.232 e. The number of hydrazone groups is 1. The van der Waals surface area contributed by atoms with E-state index >= 15 is 0 Å². The number of fused-ring (bicyclic) bond motifs is 4. The summed E-state index contributed by atoms with van der Waals surface area (Å²) in [7, 11) is -0.0580. The van der Waals surface area contributed by atoms with Crippen molar-refractivity contribution in [3.8, 4) is 0 Å². The van der Waals surface area contributed by atoms with Crippen LogP contribution in [0.1, 0.15) is 44.9 Å². The van der Waals surface area contributed by atoms with Crippen molar-refractivity contribution in [2.75, 3.05) is 17.4 Å². The minimum absolute atomic E-state index is 0.185. The number of ether oxygens (including phenoxy) is 1. The van der Waals surface area contributed by atoms with Crippen LogP contribution in [0, 0.1) is 5.82 Å². The zero-order valence-corrected chi connectivity index (χ0v) is 19.6.